The monoisotopic (exact) mass is 227 g/mol. The highest BCUT2D eigenvalue weighted by Crippen LogP contribution is 2.25. The Labute approximate surface area is 94.7 Å². The van der Waals surface area contributed by atoms with Gasteiger partial charge in [0.25, 0.3) is 0 Å². The average Bonchev–Trinajstić information content (AvgIpc) is 2.41. The van der Waals surface area contributed by atoms with Crippen molar-refractivity contribution in [1.29, 1.82) is 0 Å². The third-order valence-electron chi connectivity index (χ3n) is 2.74. The lowest BCUT2D eigenvalue weighted by molar-refractivity contribution is -0.128. The zero-order valence-corrected chi connectivity index (χ0v) is 9.86. The molecule has 2 rings (SSSR count). The molecule has 0 aromatic carbocycles. The SMILES string of the molecule is CC(C)(C)OC(=O)N1CCC2OCC1C2=O. The molecule has 5 nitrogen and oxygen atoms in total. The van der Waals surface area contributed by atoms with Crippen LogP contribution in [-0.2, 0) is 14.3 Å². The molecule has 0 radical (unpaired) electrons. The number of hydrogen-bond donors (Lipinski definition) is 0. The third kappa shape index (κ3) is 2.04. The number of nitrogens with zero attached hydrogens (tertiary/aromatic N) is 1. The number of carbonyl (C=O) groups is 2. The fraction of sp³-hybridized carbons (Fsp3) is 0.818. The standard InChI is InChI=1S/C11H17NO4/c1-11(2,3)16-10(14)12-5-4-8-9(13)7(12)6-15-8/h7-8H,4-6H2,1-3H3. The summed E-state index contributed by atoms with van der Waals surface area (Å²) in [6, 6.07) is -0.436. The van der Waals surface area contributed by atoms with Crippen LogP contribution in [-0.4, -0.2) is 47.7 Å². The van der Waals surface area contributed by atoms with Gasteiger partial charge in [0.1, 0.15) is 17.7 Å². The van der Waals surface area contributed by atoms with Gasteiger partial charge in [0.2, 0.25) is 0 Å². The number of amides is 1. The summed E-state index contributed by atoms with van der Waals surface area (Å²) in [5, 5.41) is 0. The van der Waals surface area contributed by atoms with Gasteiger partial charge in [0, 0.05) is 6.54 Å². The largest absolute Gasteiger partial charge is 0.444 e. The van der Waals surface area contributed by atoms with Gasteiger partial charge in [0.15, 0.2) is 5.78 Å². The first-order chi connectivity index (χ1) is 7.38. The van der Waals surface area contributed by atoms with Gasteiger partial charge in [-0.05, 0) is 27.2 Å². The van der Waals surface area contributed by atoms with E-state index in [0.29, 0.717) is 19.6 Å². The summed E-state index contributed by atoms with van der Waals surface area (Å²) in [5.74, 6) is 0.0112. The molecule has 2 aliphatic rings. The summed E-state index contributed by atoms with van der Waals surface area (Å²) in [4.78, 5) is 25.0. The predicted molar refractivity (Wildman–Crippen MR) is 56.1 cm³/mol. The number of likely N-dealkylation sites (tertiary alicyclic amines) is 1. The van der Waals surface area contributed by atoms with Crippen molar-refractivity contribution in [2.75, 3.05) is 13.2 Å². The molecule has 2 heterocycles. The van der Waals surface area contributed by atoms with E-state index in [2.05, 4.69) is 0 Å². The van der Waals surface area contributed by atoms with Gasteiger partial charge in [0.05, 0.1) is 6.61 Å². The van der Waals surface area contributed by atoms with Crippen molar-refractivity contribution in [3.05, 3.63) is 0 Å². The molecule has 0 aromatic heterocycles. The van der Waals surface area contributed by atoms with Gasteiger partial charge in [-0.1, -0.05) is 0 Å². The van der Waals surface area contributed by atoms with Gasteiger partial charge in [-0.3, -0.25) is 9.69 Å². The van der Waals surface area contributed by atoms with Gasteiger partial charge in [-0.15, -0.1) is 0 Å². The molecule has 90 valence electrons. The first-order valence-electron chi connectivity index (χ1n) is 5.53. The van der Waals surface area contributed by atoms with E-state index in [4.69, 9.17) is 9.47 Å². The Hall–Kier alpha value is -1.10. The summed E-state index contributed by atoms with van der Waals surface area (Å²) in [7, 11) is 0. The molecule has 0 aliphatic carbocycles. The highest BCUT2D eigenvalue weighted by molar-refractivity contribution is 5.93. The van der Waals surface area contributed by atoms with Gasteiger partial charge < -0.3 is 9.47 Å². The second-order valence-electron chi connectivity index (χ2n) is 5.20. The third-order valence-corrected chi connectivity index (χ3v) is 2.74. The van der Waals surface area contributed by atoms with Crippen molar-refractivity contribution >= 4 is 11.9 Å². The second kappa shape index (κ2) is 3.73. The summed E-state index contributed by atoms with van der Waals surface area (Å²) in [6.45, 7) is 6.28. The Kier molecular flexibility index (Phi) is 2.66. The lowest BCUT2D eigenvalue weighted by Gasteiger charge is -2.32. The zero-order valence-electron chi connectivity index (χ0n) is 9.86. The van der Waals surface area contributed by atoms with Crippen LogP contribution in [0.25, 0.3) is 0 Å². The molecule has 2 bridgehead atoms. The number of hydrogen-bond acceptors (Lipinski definition) is 4. The molecule has 0 spiro atoms. The minimum atomic E-state index is -0.531. The minimum Gasteiger partial charge on any atom is -0.444 e. The maximum Gasteiger partial charge on any atom is 0.410 e. The van der Waals surface area contributed by atoms with Crippen LogP contribution in [0.4, 0.5) is 4.79 Å². The first-order valence-corrected chi connectivity index (χ1v) is 5.53. The average molecular weight is 227 g/mol. The number of ketones is 1. The van der Waals surface area contributed by atoms with E-state index in [-0.39, 0.29) is 11.9 Å². The Balaban J connectivity index is 2.05. The fourth-order valence-corrected chi connectivity index (χ4v) is 2.01. The molecular formula is C11H17NO4. The smallest absolute Gasteiger partial charge is 0.410 e. The predicted octanol–water partition coefficient (Wildman–Crippen LogP) is 0.964. The van der Waals surface area contributed by atoms with Crippen molar-refractivity contribution in [1.82, 2.24) is 4.90 Å². The summed E-state index contributed by atoms with van der Waals surface area (Å²) >= 11 is 0. The Morgan fingerprint density at radius 2 is 2.19 bits per heavy atom. The van der Waals surface area contributed by atoms with Crippen LogP contribution in [0, 0.1) is 0 Å². The molecule has 2 saturated heterocycles. The number of piperidine rings is 1. The van der Waals surface area contributed by atoms with Crippen LogP contribution in [0.15, 0.2) is 0 Å². The highest BCUT2D eigenvalue weighted by atomic mass is 16.6. The normalized spacial score (nSPS) is 29.4. The number of Topliss-reactive ketones (excluding diaryl/α,β-unsaturated/α-hetero) is 1. The van der Waals surface area contributed by atoms with Crippen molar-refractivity contribution in [3.8, 4) is 0 Å². The molecule has 2 fully saturated rings. The van der Waals surface area contributed by atoms with Crippen LogP contribution in [0.1, 0.15) is 27.2 Å². The van der Waals surface area contributed by atoms with Crippen molar-refractivity contribution in [3.63, 3.8) is 0 Å². The quantitative estimate of drug-likeness (QED) is 0.618. The zero-order chi connectivity index (χ0) is 11.9. The number of ether oxygens (including phenoxy) is 2. The van der Waals surface area contributed by atoms with E-state index >= 15 is 0 Å². The van der Waals surface area contributed by atoms with Crippen LogP contribution >= 0.6 is 0 Å². The fourth-order valence-electron chi connectivity index (χ4n) is 2.01. The first kappa shape index (κ1) is 11.4. The lowest BCUT2D eigenvalue weighted by atomic mass is 10.0. The molecule has 2 aliphatic heterocycles. The lowest BCUT2D eigenvalue weighted by Crippen LogP contribution is -2.51. The highest BCUT2D eigenvalue weighted by Gasteiger charge is 2.46. The molecule has 1 amide bonds. The molecule has 0 aromatic rings. The number of carbonyl (C=O) groups excluding carboxylic acids is 2. The summed E-state index contributed by atoms with van der Waals surface area (Å²) < 4.78 is 10.6. The topological polar surface area (TPSA) is 55.8 Å². The van der Waals surface area contributed by atoms with E-state index in [1.807, 2.05) is 20.8 Å². The summed E-state index contributed by atoms with van der Waals surface area (Å²) in [6.07, 6.45) is -0.146. The molecule has 2 atom stereocenters. The van der Waals surface area contributed by atoms with E-state index in [1.54, 1.807) is 0 Å². The van der Waals surface area contributed by atoms with E-state index in [1.165, 1.54) is 4.90 Å². The van der Waals surface area contributed by atoms with Crippen molar-refractivity contribution < 1.29 is 19.1 Å². The van der Waals surface area contributed by atoms with Crippen molar-refractivity contribution in [2.45, 2.75) is 44.9 Å². The second-order valence-corrected chi connectivity index (χ2v) is 5.20. The van der Waals surface area contributed by atoms with Crippen LogP contribution in [0.5, 0.6) is 0 Å². The molecule has 0 N–H and O–H groups in total. The maximum absolute atomic E-state index is 11.8. The van der Waals surface area contributed by atoms with Crippen LogP contribution < -0.4 is 0 Å². The van der Waals surface area contributed by atoms with Crippen molar-refractivity contribution in [2.24, 2.45) is 0 Å². The molecule has 0 saturated carbocycles. The van der Waals surface area contributed by atoms with E-state index in [9.17, 15) is 9.59 Å². The molecule has 5 heteroatoms. The molecular weight excluding hydrogens is 210 g/mol. The van der Waals surface area contributed by atoms with E-state index in [0.717, 1.165) is 0 Å². The Bertz CT molecular complexity index is 320. The molecule has 16 heavy (non-hydrogen) atoms. The van der Waals surface area contributed by atoms with Crippen LogP contribution in [0.2, 0.25) is 0 Å². The maximum atomic E-state index is 11.8. The summed E-state index contributed by atoms with van der Waals surface area (Å²) in [5.41, 5.74) is -0.531. The Morgan fingerprint density at radius 1 is 1.50 bits per heavy atom. The minimum absolute atomic E-state index is 0.0112. The molecule has 2 unspecified atom stereocenters. The van der Waals surface area contributed by atoms with Gasteiger partial charge in [-0.2, -0.15) is 0 Å². The Morgan fingerprint density at radius 3 is 2.81 bits per heavy atom. The van der Waals surface area contributed by atoms with E-state index < -0.39 is 17.7 Å². The number of fused-ring (bicyclic) bond motifs is 2. The number of rotatable bonds is 0. The van der Waals surface area contributed by atoms with Gasteiger partial charge >= 0.3 is 6.09 Å². The van der Waals surface area contributed by atoms with Gasteiger partial charge in [-0.25, -0.2) is 4.79 Å². The van der Waals surface area contributed by atoms with Crippen LogP contribution in [0.3, 0.4) is 0 Å².